The smallest absolute Gasteiger partial charge is 0.242 e. The predicted octanol–water partition coefficient (Wildman–Crippen LogP) is 1.87. The van der Waals surface area contributed by atoms with Crippen LogP contribution in [0, 0.1) is 5.41 Å². The highest BCUT2D eigenvalue weighted by atomic mass is 16.3. The number of phenolic OH excluding ortho intramolecular Hbond substituents is 1. The number of hydrogen-bond donors (Lipinski definition) is 4. The highest BCUT2D eigenvalue weighted by Gasteiger charge is 2.37. The van der Waals surface area contributed by atoms with Crippen molar-refractivity contribution in [2.24, 2.45) is 5.41 Å². The summed E-state index contributed by atoms with van der Waals surface area (Å²) in [6, 6.07) is 8.67. The molecule has 2 rings (SSSR count). The number of furan rings is 1. The van der Waals surface area contributed by atoms with Gasteiger partial charge in [0.05, 0.1) is 24.3 Å². The maximum atomic E-state index is 12.6. The molecule has 2 aromatic rings. The molecule has 0 aliphatic heterocycles. The molecule has 2 amide bonds. The summed E-state index contributed by atoms with van der Waals surface area (Å²) in [5.41, 5.74) is -0.676. The minimum absolute atomic E-state index is 0.0741. The van der Waals surface area contributed by atoms with Gasteiger partial charge in [-0.1, -0.05) is 12.1 Å². The molecule has 26 heavy (non-hydrogen) atoms. The van der Waals surface area contributed by atoms with Gasteiger partial charge in [-0.25, -0.2) is 0 Å². The van der Waals surface area contributed by atoms with E-state index in [1.807, 2.05) is 0 Å². The standard InChI is InChI=1S/C19H24N2O5/c1-12(17(24)20-11-15-5-4-10-26-15)21-18(25)19(2,3)16(23)13-6-8-14(22)9-7-13/h4-10,12,16,22-23H,11H2,1-3H3,(H,20,24)(H,21,25)/t12-,16-/m1/s1. The van der Waals surface area contributed by atoms with Crippen molar-refractivity contribution in [1.82, 2.24) is 10.6 Å². The molecule has 1 aromatic heterocycles. The number of rotatable bonds is 7. The molecule has 1 heterocycles. The Hall–Kier alpha value is -2.80. The molecule has 4 N–H and O–H groups in total. The monoisotopic (exact) mass is 360 g/mol. The van der Waals surface area contributed by atoms with Crippen LogP contribution < -0.4 is 10.6 Å². The first kappa shape index (κ1) is 19.5. The number of hydrogen-bond acceptors (Lipinski definition) is 5. The van der Waals surface area contributed by atoms with Crippen molar-refractivity contribution in [3.8, 4) is 5.75 Å². The number of carbonyl (C=O) groups excluding carboxylic acids is 2. The first-order valence-corrected chi connectivity index (χ1v) is 8.30. The van der Waals surface area contributed by atoms with Crippen LogP contribution in [0.25, 0.3) is 0 Å². The van der Waals surface area contributed by atoms with Crippen LogP contribution >= 0.6 is 0 Å². The number of amides is 2. The normalized spacial score (nSPS) is 13.7. The van der Waals surface area contributed by atoms with Crippen molar-refractivity contribution in [3.63, 3.8) is 0 Å². The Morgan fingerprint density at radius 2 is 1.85 bits per heavy atom. The van der Waals surface area contributed by atoms with Gasteiger partial charge in [-0.15, -0.1) is 0 Å². The lowest BCUT2D eigenvalue weighted by Crippen LogP contribution is -2.50. The SMILES string of the molecule is C[C@@H](NC(=O)C(C)(C)[C@H](O)c1ccc(O)cc1)C(=O)NCc1ccco1. The highest BCUT2D eigenvalue weighted by molar-refractivity contribution is 5.89. The summed E-state index contributed by atoms with van der Waals surface area (Å²) >= 11 is 0. The van der Waals surface area contributed by atoms with E-state index in [1.54, 1.807) is 45.0 Å². The van der Waals surface area contributed by atoms with Crippen molar-refractivity contribution < 1.29 is 24.2 Å². The van der Waals surface area contributed by atoms with Crippen LogP contribution in [-0.4, -0.2) is 28.1 Å². The van der Waals surface area contributed by atoms with Crippen LogP contribution in [0.5, 0.6) is 5.75 Å². The maximum Gasteiger partial charge on any atom is 0.242 e. The molecule has 140 valence electrons. The van der Waals surface area contributed by atoms with Crippen LogP contribution in [-0.2, 0) is 16.1 Å². The fourth-order valence-corrected chi connectivity index (χ4v) is 2.39. The number of carbonyl (C=O) groups is 2. The van der Waals surface area contributed by atoms with E-state index >= 15 is 0 Å². The van der Waals surface area contributed by atoms with Gasteiger partial charge in [-0.05, 0) is 50.6 Å². The maximum absolute atomic E-state index is 12.6. The molecule has 0 saturated carbocycles. The second-order valence-corrected chi connectivity index (χ2v) is 6.71. The summed E-state index contributed by atoms with van der Waals surface area (Å²) in [6.07, 6.45) is 0.418. The minimum Gasteiger partial charge on any atom is -0.508 e. The molecule has 0 bridgehead atoms. The first-order chi connectivity index (χ1) is 12.2. The number of phenols is 1. The summed E-state index contributed by atoms with van der Waals surface area (Å²) in [5.74, 6) is -0.131. The average Bonchev–Trinajstić information content (AvgIpc) is 3.13. The van der Waals surface area contributed by atoms with E-state index in [4.69, 9.17) is 4.42 Å². The minimum atomic E-state index is -1.17. The van der Waals surface area contributed by atoms with E-state index < -0.39 is 23.5 Å². The molecule has 0 aliphatic carbocycles. The van der Waals surface area contributed by atoms with Crippen molar-refractivity contribution >= 4 is 11.8 Å². The van der Waals surface area contributed by atoms with E-state index in [0.717, 1.165) is 0 Å². The van der Waals surface area contributed by atoms with Gasteiger partial charge in [0.25, 0.3) is 0 Å². The van der Waals surface area contributed by atoms with Crippen LogP contribution in [0.2, 0.25) is 0 Å². The molecule has 7 nitrogen and oxygen atoms in total. The third kappa shape index (κ3) is 4.64. The van der Waals surface area contributed by atoms with Crippen LogP contribution in [0.3, 0.4) is 0 Å². The highest BCUT2D eigenvalue weighted by Crippen LogP contribution is 2.34. The van der Waals surface area contributed by atoms with Crippen molar-refractivity contribution in [1.29, 1.82) is 0 Å². The zero-order valence-electron chi connectivity index (χ0n) is 15.0. The van der Waals surface area contributed by atoms with Gasteiger partial charge in [0, 0.05) is 0 Å². The van der Waals surface area contributed by atoms with Crippen LogP contribution in [0.15, 0.2) is 47.1 Å². The quantitative estimate of drug-likeness (QED) is 0.602. The van der Waals surface area contributed by atoms with Gasteiger partial charge in [0.15, 0.2) is 0 Å². The Bertz CT molecular complexity index is 738. The van der Waals surface area contributed by atoms with Crippen molar-refractivity contribution in [2.75, 3.05) is 0 Å². The first-order valence-electron chi connectivity index (χ1n) is 8.30. The average molecular weight is 360 g/mol. The molecular weight excluding hydrogens is 336 g/mol. The molecule has 0 fully saturated rings. The van der Waals surface area contributed by atoms with Crippen molar-refractivity contribution in [3.05, 3.63) is 54.0 Å². The number of nitrogens with one attached hydrogen (secondary N) is 2. The lowest BCUT2D eigenvalue weighted by atomic mass is 9.81. The van der Waals surface area contributed by atoms with E-state index in [2.05, 4.69) is 10.6 Å². The zero-order valence-corrected chi connectivity index (χ0v) is 15.0. The fraction of sp³-hybridized carbons (Fsp3) is 0.368. The summed E-state index contributed by atoms with van der Waals surface area (Å²) < 4.78 is 5.13. The number of aromatic hydroxyl groups is 1. The molecule has 7 heteroatoms. The van der Waals surface area contributed by atoms with Crippen LogP contribution in [0.4, 0.5) is 0 Å². The molecule has 0 unspecified atom stereocenters. The Morgan fingerprint density at radius 3 is 2.42 bits per heavy atom. The predicted molar refractivity (Wildman–Crippen MR) is 95.0 cm³/mol. The summed E-state index contributed by atoms with van der Waals surface area (Å²) in [6.45, 7) is 4.98. The van der Waals surface area contributed by atoms with Gasteiger partial charge in [-0.2, -0.15) is 0 Å². The third-order valence-electron chi connectivity index (χ3n) is 4.24. The van der Waals surface area contributed by atoms with Gasteiger partial charge in [0.2, 0.25) is 11.8 Å². The third-order valence-corrected chi connectivity index (χ3v) is 4.24. The largest absolute Gasteiger partial charge is 0.508 e. The van der Waals surface area contributed by atoms with Crippen LogP contribution in [0.1, 0.15) is 38.2 Å². The van der Waals surface area contributed by atoms with Gasteiger partial charge in [0.1, 0.15) is 17.6 Å². The number of aliphatic hydroxyl groups excluding tert-OH is 1. The van der Waals surface area contributed by atoms with Gasteiger partial charge >= 0.3 is 0 Å². The Morgan fingerprint density at radius 1 is 1.19 bits per heavy atom. The summed E-state index contributed by atoms with van der Waals surface area (Å²) in [5, 5.41) is 25.2. The summed E-state index contributed by atoms with van der Waals surface area (Å²) in [7, 11) is 0. The zero-order chi connectivity index (χ0) is 19.3. The molecule has 0 radical (unpaired) electrons. The summed E-state index contributed by atoms with van der Waals surface area (Å²) in [4.78, 5) is 24.7. The van der Waals surface area contributed by atoms with Gasteiger partial charge < -0.3 is 25.3 Å². The fourth-order valence-electron chi connectivity index (χ4n) is 2.39. The lowest BCUT2D eigenvalue weighted by molar-refractivity contribution is -0.139. The molecular formula is C19H24N2O5. The van der Waals surface area contributed by atoms with E-state index in [9.17, 15) is 19.8 Å². The topological polar surface area (TPSA) is 112 Å². The Balaban J connectivity index is 1.95. The molecule has 0 aliphatic rings. The molecule has 0 spiro atoms. The number of benzene rings is 1. The van der Waals surface area contributed by atoms with E-state index in [0.29, 0.717) is 11.3 Å². The Kier molecular flexibility index (Phi) is 6.05. The van der Waals surface area contributed by atoms with E-state index in [-0.39, 0.29) is 18.2 Å². The number of aliphatic hydroxyl groups is 1. The molecule has 2 atom stereocenters. The molecule has 1 aromatic carbocycles. The van der Waals surface area contributed by atoms with Gasteiger partial charge in [-0.3, -0.25) is 9.59 Å². The lowest BCUT2D eigenvalue weighted by Gasteiger charge is -2.30. The van der Waals surface area contributed by atoms with E-state index in [1.165, 1.54) is 18.4 Å². The Labute approximate surface area is 152 Å². The second kappa shape index (κ2) is 8.05. The second-order valence-electron chi connectivity index (χ2n) is 6.71. The van der Waals surface area contributed by atoms with Crippen molar-refractivity contribution in [2.45, 2.75) is 39.5 Å². The molecule has 0 saturated heterocycles.